The van der Waals surface area contributed by atoms with Gasteiger partial charge in [0.25, 0.3) is 0 Å². The fraction of sp³-hybridized carbons (Fsp3) is 0.167. The third kappa shape index (κ3) is 2.94. The first-order chi connectivity index (χ1) is 8.70. The number of rotatable bonds is 4. The van der Waals surface area contributed by atoms with Crippen molar-refractivity contribution in [2.24, 2.45) is 5.73 Å². The zero-order valence-electron chi connectivity index (χ0n) is 9.44. The Morgan fingerprint density at radius 3 is 2.67 bits per heavy atom. The number of benzene rings is 1. The molecule has 1 heterocycles. The van der Waals surface area contributed by atoms with E-state index >= 15 is 0 Å². The van der Waals surface area contributed by atoms with E-state index in [0.29, 0.717) is 13.0 Å². The van der Waals surface area contributed by atoms with Gasteiger partial charge < -0.3 is 10.5 Å². The van der Waals surface area contributed by atoms with Crippen LogP contribution in [0, 0.1) is 5.82 Å². The maximum atomic E-state index is 13.6. The molecule has 0 bridgehead atoms. The maximum absolute atomic E-state index is 13.6. The van der Waals surface area contributed by atoms with E-state index in [2.05, 4.69) is 9.97 Å². The van der Waals surface area contributed by atoms with Gasteiger partial charge in [-0.05, 0) is 30.7 Å². The summed E-state index contributed by atoms with van der Waals surface area (Å²) in [5.41, 5.74) is 6.31. The highest BCUT2D eigenvalue weighted by Gasteiger charge is 2.09. The van der Waals surface area contributed by atoms with Crippen LogP contribution in [0.4, 0.5) is 4.39 Å². The van der Waals surface area contributed by atoms with Gasteiger partial charge in [-0.25, -0.2) is 14.4 Å². The molecule has 0 spiro atoms. The minimum absolute atomic E-state index is 0.00549. The number of hydrogen-bond acceptors (Lipinski definition) is 4. The Morgan fingerprint density at radius 2 is 2.00 bits per heavy atom. The zero-order valence-corrected chi connectivity index (χ0v) is 10.2. The predicted molar refractivity (Wildman–Crippen MR) is 66.3 cm³/mol. The average molecular weight is 268 g/mol. The Morgan fingerprint density at radius 1 is 1.28 bits per heavy atom. The highest BCUT2D eigenvalue weighted by molar-refractivity contribution is 6.30. The lowest BCUT2D eigenvalue weighted by Gasteiger charge is -2.06. The molecule has 6 heteroatoms. The van der Waals surface area contributed by atoms with Crippen LogP contribution in [0.2, 0.25) is 5.02 Å². The largest absolute Gasteiger partial charge is 0.421 e. The molecule has 2 aromatic rings. The molecule has 0 aliphatic heterocycles. The number of nitrogens with two attached hydrogens (primary N) is 1. The highest BCUT2D eigenvalue weighted by atomic mass is 35.5. The van der Waals surface area contributed by atoms with Crippen LogP contribution in [0.25, 0.3) is 0 Å². The van der Waals surface area contributed by atoms with Crippen molar-refractivity contribution in [2.45, 2.75) is 6.42 Å². The van der Waals surface area contributed by atoms with Crippen LogP contribution in [-0.2, 0) is 6.42 Å². The molecule has 0 fully saturated rings. The van der Waals surface area contributed by atoms with E-state index in [9.17, 15) is 4.39 Å². The molecule has 0 aliphatic rings. The first-order valence-corrected chi connectivity index (χ1v) is 5.71. The molecule has 0 atom stereocenters. The van der Waals surface area contributed by atoms with Gasteiger partial charge in [0.2, 0.25) is 0 Å². The summed E-state index contributed by atoms with van der Waals surface area (Å²) in [7, 11) is 0. The summed E-state index contributed by atoms with van der Waals surface area (Å²) in [6.07, 6.45) is 3.88. The first kappa shape index (κ1) is 12.7. The van der Waals surface area contributed by atoms with Crippen molar-refractivity contribution in [3.05, 3.63) is 47.0 Å². The monoisotopic (exact) mass is 267 g/mol. The average Bonchev–Trinajstić information content (AvgIpc) is 2.38. The summed E-state index contributed by atoms with van der Waals surface area (Å²) in [4.78, 5) is 7.93. The fourth-order valence-corrected chi connectivity index (χ4v) is 1.52. The number of halogens is 2. The summed E-state index contributed by atoms with van der Waals surface area (Å²) in [5.74, 6) is -0.636. The van der Waals surface area contributed by atoms with Crippen molar-refractivity contribution in [1.29, 1.82) is 0 Å². The van der Waals surface area contributed by atoms with Crippen LogP contribution < -0.4 is 10.5 Å². The molecule has 0 saturated carbocycles. The van der Waals surface area contributed by atoms with Crippen molar-refractivity contribution in [2.75, 3.05) is 6.54 Å². The molecular formula is C12H11ClFN3O. The third-order valence-corrected chi connectivity index (χ3v) is 2.52. The predicted octanol–water partition coefficient (Wildman–Crippen LogP) is 2.56. The molecule has 0 radical (unpaired) electrons. The van der Waals surface area contributed by atoms with E-state index in [1.807, 2.05) is 0 Å². The van der Waals surface area contributed by atoms with Gasteiger partial charge in [-0.1, -0.05) is 17.7 Å². The summed E-state index contributed by atoms with van der Waals surface area (Å²) in [6, 6.07) is 4.55. The molecule has 1 aromatic carbocycles. The van der Waals surface area contributed by atoms with Crippen LogP contribution >= 0.6 is 11.6 Å². The first-order valence-electron chi connectivity index (χ1n) is 5.33. The van der Waals surface area contributed by atoms with Crippen LogP contribution in [0.5, 0.6) is 11.8 Å². The zero-order chi connectivity index (χ0) is 13.0. The Bertz CT molecular complexity index is 533. The highest BCUT2D eigenvalue weighted by Crippen LogP contribution is 2.26. The van der Waals surface area contributed by atoms with E-state index in [1.165, 1.54) is 12.1 Å². The summed E-state index contributed by atoms with van der Waals surface area (Å²) in [6.45, 7) is 0.520. The van der Waals surface area contributed by atoms with Gasteiger partial charge in [0.05, 0.1) is 5.02 Å². The molecule has 2 rings (SSSR count). The van der Waals surface area contributed by atoms with Crippen LogP contribution in [0.1, 0.15) is 5.56 Å². The Balaban J connectivity index is 2.16. The van der Waals surface area contributed by atoms with Crippen molar-refractivity contribution in [1.82, 2.24) is 9.97 Å². The van der Waals surface area contributed by atoms with Gasteiger partial charge in [-0.15, -0.1) is 0 Å². The maximum Gasteiger partial charge on any atom is 0.321 e. The van der Waals surface area contributed by atoms with Crippen LogP contribution in [0.15, 0.2) is 30.6 Å². The normalized spacial score (nSPS) is 10.4. The minimum Gasteiger partial charge on any atom is -0.421 e. The number of ether oxygens (including phenoxy) is 1. The molecule has 0 aliphatic carbocycles. The standard InChI is InChI=1S/C12H11ClFN3O/c13-9-2-1-3-10(11(9)14)18-12-16-6-8(4-5-15)7-17-12/h1-3,6-7H,4-5,15H2. The van der Waals surface area contributed by atoms with Gasteiger partial charge in [0.15, 0.2) is 11.6 Å². The second kappa shape index (κ2) is 5.75. The van der Waals surface area contributed by atoms with Gasteiger partial charge in [0.1, 0.15) is 0 Å². The molecule has 0 unspecified atom stereocenters. The van der Waals surface area contributed by atoms with Crippen molar-refractivity contribution in [3.8, 4) is 11.8 Å². The van der Waals surface area contributed by atoms with Gasteiger partial charge >= 0.3 is 6.01 Å². The second-order valence-electron chi connectivity index (χ2n) is 3.57. The van der Waals surface area contributed by atoms with E-state index in [1.54, 1.807) is 18.5 Å². The van der Waals surface area contributed by atoms with E-state index in [4.69, 9.17) is 22.1 Å². The number of aromatic nitrogens is 2. The van der Waals surface area contributed by atoms with E-state index in [-0.39, 0.29) is 16.8 Å². The van der Waals surface area contributed by atoms with Crippen LogP contribution in [0.3, 0.4) is 0 Å². The van der Waals surface area contributed by atoms with E-state index < -0.39 is 5.82 Å². The molecule has 18 heavy (non-hydrogen) atoms. The summed E-state index contributed by atoms with van der Waals surface area (Å²) >= 11 is 5.64. The topological polar surface area (TPSA) is 61.0 Å². The second-order valence-corrected chi connectivity index (χ2v) is 3.97. The molecule has 4 nitrogen and oxygen atoms in total. The quantitative estimate of drug-likeness (QED) is 0.925. The lowest BCUT2D eigenvalue weighted by molar-refractivity contribution is 0.410. The van der Waals surface area contributed by atoms with Gasteiger partial charge in [0, 0.05) is 12.4 Å². The molecule has 0 saturated heterocycles. The van der Waals surface area contributed by atoms with Crippen molar-refractivity contribution >= 4 is 11.6 Å². The number of hydrogen-bond donors (Lipinski definition) is 1. The van der Waals surface area contributed by atoms with Crippen molar-refractivity contribution in [3.63, 3.8) is 0 Å². The number of nitrogens with zero attached hydrogens (tertiary/aromatic N) is 2. The van der Waals surface area contributed by atoms with Crippen LogP contribution in [-0.4, -0.2) is 16.5 Å². The Kier molecular flexibility index (Phi) is 4.07. The minimum atomic E-state index is -0.631. The molecule has 2 N–H and O–H groups in total. The Hall–Kier alpha value is -1.72. The smallest absolute Gasteiger partial charge is 0.321 e. The third-order valence-electron chi connectivity index (χ3n) is 2.23. The van der Waals surface area contributed by atoms with Gasteiger partial charge in [-0.2, -0.15) is 0 Å². The SMILES string of the molecule is NCCc1cnc(Oc2cccc(Cl)c2F)nc1. The summed E-state index contributed by atoms with van der Waals surface area (Å²) < 4.78 is 18.8. The van der Waals surface area contributed by atoms with Gasteiger partial charge in [-0.3, -0.25) is 0 Å². The summed E-state index contributed by atoms with van der Waals surface area (Å²) in [5, 5.41) is -0.00717. The Labute approximate surface area is 109 Å². The van der Waals surface area contributed by atoms with Crippen molar-refractivity contribution < 1.29 is 9.13 Å². The fourth-order valence-electron chi connectivity index (χ4n) is 1.35. The molecule has 0 amide bonds. The lowest BCUT2D eigenvalue weighted by Crippen LogP contribution is -2.04. The molecule has 94 valence electrons. The molecular weight excluding hydrogens is 257 g/mol. The molecule has 1 aromatic heterocycles. The van der Waals surface area contributed by atoms with E-state index in [0.717, 1.165) is 5.56 Å². The lowest BCUT2D eigenvalue weighted by atomic mass is 10.2.